The topological polar surface area (TPSA) is 33.3 Å². The summed E-state index contributed by atoms with van der Waals surface area (Å²) in [5.41, 5.74) is 2.45. The van der Waals surface area contributed by atoms with Gasteiger partial charge < -0.3 is 15.4 Å². The molecule has 2 N–H and O–H groups in total. The van der Waals surface area contributed by atoms with Gasteiger partial charge in [0.2, 0.25) is 0 Å². The summed E-state index contributed by atoms with van der Waals surface area (Å²) in [4.78, 5) is 0. The average Bonchev–Trinajstić information content (AvgIpc) is 2.86. The van der Waals surface area contributed by atoms with Crippen LogP contribution in [0.15, 0.2) is 12.1 Å². The van der Waals surface area contributed by atoms with Crippen LogP contribution >= 0.6 is 11.6 Å². The van der Waals surface area contributed by atoms with Crippen molar-refractivity contribution in [3.05, 3.63) is 28.3 Å². The lowest BCUT2D eigenvalue weighted by molar-refractivity contribution is 0.414. The Hall–Kier alpha value is -0.770. The van der Waals surface area contributed by atoms with E-state index >= 15 is 0 Å². The summed E-state index contributed by atoms with van der Waals surface area (Å²) in [5, 5.41) is 7.65. The lowest BCUT2D eigenvalue weighted by Crippen LogP contribution is -2.33. The number of aryl methyl sites for hydroxylation is 1. The van der Waals surface area contributed by atoms with Crippen molar-refractivity contribution >= 4 is 11.6 Å². The quantitative estimate of drug-likeness (QED) is 0.861. The number of nitrogens with one attached hydrogen (secondary N) is 2. The van der Waals surface area contributed by atoms with E-state index in [0.717, 1.165) is 25.4 Å². The molecule has 0 aromatic heterocycles. The summed E-state index contributed by atoms with van der Waals surface area (Å²) >= 11 is 6.14. The van der Waals surface area contributed by atoms with Gasteiger partial charge in [-0.05, 0) is 49.6 Å². The third-order valence-electron chi connectivity index (χ3n) is 3.48. The molecule has 3 nitrogen and oxygen atoms in total. The van der Waals surface area contributed by atoms with Crippen LogP contribution in [0.1, 0.15) is 24.0 Å². The SMILES string of the molecule is COc1cc(C)c(CNCC2CCCN2)cc1Cl. The van der Waals surface area contributed by atoms with Crippen molar-refractivity contribution in [3.8, 4) is 5.75 Å². The third-order valence-corrected chi connectivity index (χ3v) is 3.77. The summed E-state index contributed by atoms with van der Waals surface area (Å²) in [6.45, 7) is 5.11. The van der Waals surface area contributed by atoms with Gasteiger partial charge in [0, 0.05) is 19.1 Å². The van der Waals surface area contributed by atoms with Gasteiger partial charge in [0.05, 0.1) is 12.1 Å². The van der Waals surface area contributed by atoms with Gasteiger partial charge in [0.15, 0.2) is 0 Å². The van der Waals surface area contributed by atoms with E-state index in [0.29, 0.717) is 11.1 Å². The van der Waals surface area contributed by atoms with Gasteiger partial charge in [-0.15, -0.1) is 0 Å². The molecule has 1 heterocycles. The molecule has 1 aliphatic rings. The first kappa shape index (κ1) is 13.7. The van der Waals surface area contributed by atoms with E-state index in [-0.39, 0.29) is 0 Å². The lowest BCUT2D eigenvalue weighted by Gasteiger charge is -2.14. The first-order valence-electron chi connectivity index (χ1n) is 6.48. The van der Waals surface area contributed by atoms with Crippen molar-refractivity contribution in [1.82, 2.24) is 10.6 Å². The van der Waals surface area contributed by atoms with Crippen molar-refractivity contribution in [3.63, 3.8) is 0 Å². The molecule has 1 unspecified atom stereocenters. The number of halogens is 1. The largest absolute Gasteiger partial charge is 0.495 e. The fraction of sp³-hybridized carbons (Fsp3) is 0.571. The van der Waals surface area contributed by atoms with E-state index in [1.165, 1.54) is 24.0 Å². The Bertz CT molecular complexity index is 403. The number of hydrogen-bond acceptors (Lipinski definition) is 3. The molecular weight excluding hydrogens is 248 g/mol. The van der Waals surface area contributed by atoms with Crippen molar-refractivity contribution in [2.45, 2.75) is 32.4 Å². The van der Waals surface area contributed by atoms with Crippen LogP contribution in [0.5, 0.6) is 5.75 Å². The normalized spacial score (nSPS) is 19.2. The van der Waals surface area contributed by atoms with Crippen molar-refractivity contribution in [2.75, 3.05) is 20.2 Å². The molecule has 1 saturated heterocycles. The van der Waals surface area contributed by atoms with Gasteiger partial charge in [0.25, 0.3) is 0 Å². The summed E-state index contributed by atoms with van der Waals surface area (Å²) in [7, 11) is 1.64. The Morgan fingerprint density at radius 1 is 1.50 bits per heavy atom. The molecule has 0 amide bonds. The van der Waals surface area contributed by atoms with Crippen LogP contribution in [0.25, 0.3) is 0 Å². The molecule has 1 fully saturated rings. The molecule has 1 aromatic carbocycles. The second-order valence-corrected chi connectivity index (χ2v) is 5.24. The Morgan fingerprint density at radius 3 is 3.00 bits per heavy atom. The fourth-order valence-electron chi connectivity index (χ4n) is 2.36. The molecule has 1 aliphatic heterocycles. The van der Waals surface area contributed by atoms with E-state index < -0.39 is 0 Å². The maximum Gasteiger partial charge on any atom is 0.137 e. The molecule has 100 valence electrons. The summed E-state index contributed by atoms with van der Waals surface area (Å²) < 4.78 is 5.20. The van der Waals surface area contributed by atoms with Crippen LogP contribution in [0.4, 0.5) is 0 Å². The third kappa shape index (κ3) is 3.37. The predicted octanol–water partition coefficient (Wildman–Crippen LogP) is 2.50. The summed E-state index contributed by atoms with van der Waals surface area (Å²) in [6, 6.07) is 4.61. The zero-order chi connectivity index (χ0) is 13.0. The first-order valence-corrected chi connectivity index (χ1v) is 6.85. The van der Waals surface area contributed by atoms with E-state index in [1.807, 2.05) is 12.1 Å². The highest BCUT2D eigenvalue weighted by Crippen LogP contribution is 2.27. The second kappa shape index (κ2) is 6.41. The van der Waals surface area contributed by atoms with E-state index in [4.69, 9.17) is 16.3 Å². The standard InChI is InChI=1S/C14H21ClN2O/c1-10-6-14(18-2)13(15)7-11(10)8-16-9-12-4-3-5-17-12/h6-7,12,16-17H,3-5,8-9H2,1-2H3. The van der Waals surface area contributed by atoms with Gasteiger partial charge >= 0.3 is 0 Å². The monoisotopic (exact) mass is 268 g/mol. The van der Waals surface area contributed by atoms with Crippen LogP contribution in [0.2, 0.25) is 5.02 Å². The molecule has 1 aromatic rings. The van der Waals surface area contributed by atoms with Crippen LogP contribution in [-0.4, -0.2) is 26.2 Å². The zero-order valence-electron chi connectivity index (χ0n) is 11.1. The molecule has 18 heavy (non-hydrogen) atoms. The maximum absolute atomic E-state index is 6.14. The molecule has 4 heteroatoms. The minimum absolute atomic E-state index is 0.624. The van der Waals surface area contributed by atoms with Crippen molar-refractivity contribution < 1.29 is 4.74 Å². The van der Waals surface area contributed by atoms with Crippen LogP contribution in [-0.2, 0) is 6.54 Å². The Morgan fingerprint density at radius 2 is 2.33 bits per heavy atom. The molecule has 0 spiro atoms. The number of hydrogen-bond donors (Lipinski definition) is 2. The lowest BCUT2D eigenvalue weighted by atomic mass is 10.1. The minimum Gasteiger partial charge on any atom is -0.495 e. The molecule has 0 saturated carbocycles. The highest BCUT2D eigenvalue weighted by molar-refractivity contribution is 6.32. The van der Waals surface area contributed by atoms with E-state index in [1.54, 1.807) is 7.11 Å². The number of ether oxygens (including phenoxy) is 1. The van der Waals surface area contributed by atoms with Crippen molar-refractivity contribution in [2.24, 2.45) is 0 Å². The first-order chi connectivity index (χ1) is 8.70. The number of methoxy groups -OCH3 is 1. The van der Waals surface area contributed by atoms with Crippen LogP contribution in [0, 0.1) is 6.92 Å². The molecule has 0 aliphatic carbocycles. The van der Waals surface area contributed by atoms with Gasteiger partial charge in [-0.1, -0.05) is 11.6 Å². The Balaban J connectivity index is 1.90. The number of benzene rings is 1. The van der Waals surface area contributed by atoms with Crippen molar-refractivity contribution in [1.29, 1.82) is 0 Å². The zero-order valence-corrected chi connectivity index (χ0v) is 11.8. The van der Waals surface area contributed by atoms with Gasteiger partial charge in [-0.3, -0.25) is 0 Å². The van der Waals surface area contributed by atoms with Gasteiger partial charge in [-0.25, -0.2) is 0 Å². The highest BCUT2D eigenvalue weighted by atomic mass is 35.5. The smallest absolute Gasteiger partial charge is 0.137 e. The van der Waals surface area contributed by atoms with Crippen LogP contribution in [0.3, 0.4) is 0 Å². The molecule has 0 radical (unpaired) electrons. The molecular formula is C14H21ClN2O. The molecule has 1 atom stereocenters. The number of rotatable bonds is 5. The second-order valence-electron chi connectivity index (χ2n) is 4.84. The maximum atomic E-state index is 6.14. The highest BCUT2D eigenvalue weighted by Gasteiger charge is 2.13. The van der Waals surface area contributed by atoms with E-state index in [9.17, 15) is 0 Å². The summed E-state index contributed by atoms with van der Waals surface area (Å²) in [6.07, 6.45) is 2.56. The van der Waals surface area contributed by atoms with E-state index in [2.05, 4.69) is 17.6 Å². The molecule has 0 bridgehead atoms. The predicted molar refractivity (Wildman–Crippen MR) is 75.5 cm³/mol. The fourth-order valence-corrected chi connectivity index (χ4v) is 2.62. The Labute approximate surface area is 114 Å². The van der Waals surface area contributed by atoms with Gasteiger partial charge in [-0.2, -0.15) is 0 Å². The van der Waals surface area contributed by atoms with Gasteiger partial charge in [0.1, 0.15) is 5.75 Å². The molecule has 2 rings (SSSR count). The minimum atomic E-state index is 0.624. The van der Waals surface area contributed by atoms with Crippen LogP contribution < -0.4 is 15.4 Å². The average molecular weight is 269 g/mol. The Kier molecular flexibility index (Phi) is 4.87. The summed E-state index contributed by atoms with van der Waals surface area (Å²) in [5.74, 6) is 0.746.